The van der Waals surface area contributed by atoms with E-state index < -0.39 is 5.60 Å². The van der Waals surface area contributed by atoms with Crippen molar-refractivity contribution in [3.63, 3.8) is 0 Å². The Morgan fingerprint density at radius 3 is 2.38 bits per heavy atom. The van der Waals surface area contributed by atoms with Gasteiger partial charge in [0.05, 0.1) is 17.0 Å². The maximum Gasteiger partial charge on any atom is 0.320 e. The van der Waals surface area contributed by atoms with Gasteiger partial charge in [0.2, 0.25) is 5.78 Å². The molecule has 0 aliphatic rings. The highest BCUT2D eigenvalue weighted by Crippen LogP contribution is 2.29. The third-order valence-electron chi connectivity index (χ3n) is 4.63. The van der Waals surface area contributed by atoms with Crippen molar-refractivity contribution in [3.8, 4) is 16.9 Å². The summed E-state index contributed by atoms with van der Waals surface area (Å²) in [5.74, 6) is 0.199. The van der Waals surface area contributed by atoms with Crippen molar-refractivity contribution in [1.82, 2.24) is 4.90 Å². The van der Waals surface area contributed by atoms with Gasteiger partial charge in [0.25, 0.3) is 0 Å². The Bertz CT molecular complexity index is 1040. The molecule has 0 unspecified atom stereocenters. The number of carbonyl (C=O) groups is 2. The molecule has 5 nitrogen and oxygen atoms in total. The number of carbonyl (C=O) groups excluding carboxylic acids is 2. The molecule has 3 aromatic rings. The van der Waals surface area contributed by atoms with Gasteiger partial charge in [-0.1, -0.05) is 42.5 Å². The molecule has 0 amide bonds. The van der Waals surface area contributed by atoms with E-state index in [1.165, 1.54) is 11.3 Å². The average Bonchev–Trinajstić information content (AvgIpc) is 3.27. The molecule has 0 saturated carbocycles. The molecule has 0 fully saturated rings. The molecule has 3 rings (SSSR count). The van der Waals surface area contributed by atoms with Gasteiger partial charge < -0.3 is 9.47 Å². The lowest BCUT2D eigenvalue weighted by atomic mass is 10.00. The van der Waals surface area contributed by atoms with Gasteiger partial charge >= 0.3 is 5.97 Å². The summed E-state index contributed by atoms with van der Waals surface area (Å²) in [6.45, 7) is 6.58. The van der Waals surface area contributed by atoms with Crippen LogP contribution in [0.2, 0.25) is 0 Å². The number of hydrogen-bond acceptors (Lipinski definition) is 6. The SMILES string of the molecule is CN(CCOc1ccc(-c2ccccc2)cc1C(=O)c1cccs1)CC(=O)OC(C)(C)C. The minimum Gasteiger partial charge on any atom is -0.491 e. The summed E-state index contributed by atoms with van der Waals surface area (Å²) in [6.07, 6.45) is 0. The smallest absolute Gasteiger partial charge is 0.320 e. The first kappa shape index (κ1) is 23.7. The second-order valence-corrected chi connectivity index (χ2v) is 9.50. The summed E-state index contributed by atoms with van der Waals surface area (Å²) in [5.41, 5.74) is 2.02. The molecule has 2 aromatic carbocycles. The van der Waals surface area contributed by atoms with Gasteiger partial charge in [-0.25, -0.2) is 0 Å². The Morgan fingerprint density at radius 1 is 0.969 bits per heavy atom. The van der Waals surface area contributed by atoms with E-state index in [0.717, 1.165) is 11.1 Å². The zero-order valence-electron chi connectivity index (χ0n) is 19.0. The van der Waals surface area contributed by atoms with Crippen LogP contribution >= 0.6 is 11.3 Å². The summed E-state index contributed by atoms with van der Waals surface area (Å²) in [7, 11) is 1.84. The number of likely N-dealkylation sites (N-methyl/N-ethyl adjacent to an activating group) is 1. The Labute approximate surface area is 193 Å². The second kappa shape index (κ2) is 10.6. The number of nitrogens with zero attached hydrogens (tertiary/aromatic N) is 1. The first-order valence-electron chi connectivity index (χ1n) is 10.5. The van der Waals surface area contributed by atoms with Crippen LogP contribution in [0.3, 0.4) is 0 Å². The lowest BCUT2D eigenvalue weighted by Gasteiger charge is -2.22. The summed E-state index contributed by atoms with van der Waals surface area (Å²) in [5, 5.41) is 1.89. The van der Waals surface area contributed by atoms with Crippen molar-refractivity contribution in [1.29, 1.82) is 0 Å². The molecule has 168 valence electrons. The summed E-state index contributed by atoms with van der Waals surface area (Å²) in [6, 6.07) is 19.3. The molecular formula is C26H29NO4S. The summed E-state index contributed by atoms with van der Waals surface area (Å²) in [4.78, 5) is 27.7. The van der Waals surface area contributed by atoms with Crippen LogP contribution in [0.1, 0.15) is 36.0 Å². The van der Waals surface area contributed by atoms with Gasteiger partial charge in [0, 0.05) is 6.54 Å². The van der Waals surface area contributed by atoms with E-state index in [9.17, 15) is 9.59 Å². The van der Waals surface area contributed by atoms with E-state index in [1.54, 1.807) is 0 Å². The minimum absolute atomic E-state index is 0.0603. The van der Waals surface area contributed by atoms with Crippen LogP contribution in [0, 0.1) is 0 Å². The van der Waals surface area contributed by atoms with Crippen LogP contribution in [0.15, 0.2) is 66.0 Å². The van der Waals surface area contributed by atoms with Crippen molar-refractivity contribution in [3.05, 3.63) is 76.5 Å². The highest BCUT2D eigenvalue weighted by Gasteiger charge is 2.19. The number of rotatable bonds is 9. The third-order valence-corrected chi connectivity index (χ3v) is 5.49. The molecule has 0 aliphatic carbocycles. The van der Waals surface area contributed by atoms with Crippen LogP contribution in [-0.2, 0) is 9.53 Å². The van der Waals surface area contributed by atoms with Gasteiger partial charge in [0.15, 0.2) is 0 Å². The van der Waals surface area contributed by atoms with Gasteiger partial charge in [-0.15, -0.1) is 11.3 Å². The maximum atomic E-state index is 13.1. The van der Waals surface area contributed by atoms with E-state index in [1.807, 2.05) is 98.8 Å². The minimum atomic E-state index is -0.508. The van der Waals surface area contributed by atoms with Crippen LogP contribution in [-0.4, -0.2) is 49.0 Å². The van der Waals surface area contributed by atoms with Crippen LogP contribution in [0.25, 0.3) is 11.1 Å². The van der Waals surface area contributed by atoms with Crippen molar-refractivity contribution in [2.75, 3.05) is 26.7 Å². The fraction of sp³-hybridized carbons (Fsp3) is 0.308. The molecule has 1 aromatic heterocycles. The van der Waals surface area contributed by atoms with Crippen LogP contribution in [0.5, 0.6) is 5.75 Å². The quantitative estimate of drug-likeness (QED) is 0.326. The maximum absolute atomic E-state index is 13.1. The molecule has 0 spiro atoms. The molecule has 32 heavy (non-hydrogen) atoms. The summed E-state index contributed by atoms with van der Waals surface area (Å²) >= 11 is 1.41. The molecule has 0 atom stereocenters. The van der Waals surface area contributed by atoms with E-state index in [0.29, 0.717) is 29.3 Å². The van der Waals surface area contributed by atoms with Crippen molar-refractivity contribution >= 4 is 23.1 Å². The Balaban J connectivity index is 1.71. The molecular weight excluding hydrogens is 422 g/mol. The molecule has 0 radical (unpaired) electrons. The van der Waals surface area contributed by atoms with Crippen LogP contribution < -0.4 is 4.74 Å². The third kappa shape index (κ3) is 6.77. The predicted octanol–water partition coefficient (Wildman–Crippen LogP) is 5.30. The summed E-state index contributed by atoms with van der Waals surface area (Å²) < 4.78 is 11.3. The highest BCUT2D eigenvalue weighted by molar-refractivity contribution is 7.12. The fourth-order valence-electron chi connectivity index (χ4n) is 3.17. The molecule has 0 aliphatic heterocycles. The Kier molecular flexibility index (Phi) is 7.83. The second-order valence-electron chi connectivity index (χ2n) is 8.56. The molecule has 0 bridgehead atoms. The van der Waals surface area contributed by atoms with E-state index in [-0.39, 0.29) is 18.3 Å². The van der Waals surface area contributed by atoms with E-state index in [4.69, 9.17) is 9.47 Å². The zero-order chi connectivity index (χ0) is 23.1. The molecule has 1 heterocycles. The fourth-order valence-corrected chi connectivity index (χ4v) is 3.85. The monoisotopic (exact) mass is 451 g/mol. The number of ether oxygens (including phenoxy) is 2. The van der Waals surface area contributed by atoms with Gasteiger partial charge in [-0.3, -0.25) is 14.5 Å². The normalized spacial score (nSPS) is 11.4. The molecule has 6 heteroatoms. The Hall–Kier alpha value is -2.96. The lowest BCUT2D eigenvalue weighted by molar-refractivity contribution is -0.155. The molecule has 0 saturated heterocycles. The molecule has 0 N–H and O–H groups in total. The number of esters is 1. The van der Waals surface area contributed by atoms with E-state index >= 15 is 0 Å². The number of thiophene rings is 1. The standard InChI is InChI=1S/C26H29NO4S/c1-26(2,3)31-24(28)18-27(4)14-15-30-22-13-12-20(19-9-6-5-7-10-19)17-21(22)25(29)23-11-8-16-32-23/h5-13,16-17H,14-15,18H2,1-4H3. The van der Waals surface area contributed by atoms with E-state index in [2.05, 4.69) is 0 Å². The number of benzene rings is 2. The van der Waals surface area contributed by atoms with Crippen molar-refractivity contribution in [2.45, 2.75) is 26.4 Å². The highest BCUT2D eigenvalue weighted by atomic mass is 32.1. The predicted molar refractivity (Wildman–Crippen MR) is 128 cm³/mol. The van der Waals surface area contributed by atoms with Crippen molar-refractivity contribution in [2.24, 2.45) is 0 Å². The first-order valence-corrected chi connectivity index (χ1v) is 11.4. The topological polar surface area (TPSA) is 55.8 Å². The number of hydrogen-bond donors (Lipinski definition) is 0. The zero-order valence-corrected chi connectivity index (χ0v) is 19.8. The largest absolute Gasteiger partial charge is 0.491 e. The van der Waals surface area contributed by atoms with Gasteiger partial charge in [-0.2, -0.15) is 0 Å². The first-order chi connectivity index (χ1) is 15.2. The Morgan fingerprint density at radius 2 is 1.72 bits per heavy atom. The van der Waals surface area contributed by atoms with Crippen molar-refractivity contribution < 1.29 is 19.1 Å². The van der Waals surface area contributed by atoms with Crippen LogP contribution in [0.4, 0.5) is 0 Å². The lowest BCUT2D eigenvalue weighted by Crippen LogP contribution is -2.34. The average molecular weight is 452 g/mol. The number of ketones is 1. The van der Waals surface area contributed by atoms with Gasteiger partial charge in [-0.05, 0) is 62.5 Å². The van der Waals surface area contributed by atoms with Gasteiger partial charge in [0.1, 0.15) is 18.0 Å².